The molecule has 3 aromatic heterocycles. The highest BCUT2D eigenvalue weighted by atomic mass is 32.2. The van der Waals surface area contributed by atoms with Gasteiger partial charge < -0.3 is 15.0 Å². The second kappa shape index (κ2) is 12.1. The van der Waals surface area contributed by atoms with Gasteiger partial charge in [-0.25, -0.2) is 31.5 Å². The van der Waals surface area contributed by atoms with Gasteiger partial charge in [0.15, 0.2) is 0 Å². The number of ether oxygens (including phenoxy) is 1. The monoisotopic (exact) mass is 648 g/mol. The van der Waals surface area contributed by atoms with Crippen LogP contribution in [0.1, 0.15) is 43.2 Å². The number of fused-ring (bicyclic) bond motifs is 1. The number of aromatic nitrogens is 3. The average molecular weight is 649 g/mol. The first-order valence-corrected chi connectivity index (χ1v) is 17.7. The Morgan fingerprint density at radius 3 is 2.54 bits per heavy atom. The largest absolute Gasteiger partial charge is 0.374 e. The van der Waals surface area contributed by atoms with Crippen molar-refractivity contribution in [3.05, 3.63) is 71.6 Å². The lowest BCUT2D eigenvalue weighted by Crippen LogP contribution is -2.44. The van der Waals surface area contributed by atoms with Crippen LogP contribution in [0.3, 0.4) is 0 Å². The Labute approximate surface area is 268 Å². The van der Waals surface area contributed by atoms with Crippen LogP contribution in [0.25, 0.3) is 22.3 Å². The molecule has 2 aliphatic heterocycles. The number of nitrogens with zero attached hydrogens (tertiary/aromatic N) is 5. The van der Waals surface area contributed by atoms with Crippen molar-refractivity contribution in [1.29, 1.82) is 0 Å². The van der Waals surface area contributed by atoms with Crippen LogP contribution in [0.4, 0.5) is 26.0 Å². The predicted octanol–water partition coefficient (Wildman–Crippen LogP) is 6.02. The molecule has 0 amide bonds. The summed E-state index contributed by atoms with van der Waals surface area (Å²) >= 11 is 0. The first-order valence-electron chi connectivity index (χ1n) is 15.9. The van der Waals surface area contributed by atoms with Gasteiger partial charge in [-0.15, -0.1) is 0 Å². The number of sulfonamides is 1. The minimum Gasteiger partial charge on any atom is -0.374 e. The van der Waals surface area contributed by atoms with Crippen molar-refractivity contribution in [2.24, 2.45) is 11.8 Å². The molecule has 3 fully saturated rings. The molecule has 2 saturated heterocycles. The molecular formula is C34H38F2N6O3S. The molecule has 3 aliphatic rings. The Kier molecular flexibility index (Phi) is 8.14. The summed E-state index contributed by atoms with van der Waals surface area (Å²) in [5, 5.41) is 3.75. The number of pyridine rings is 3. The zero-order chi connectivity index (χ0) is 32.2. The van der Waals surface area contributed by atoms with Gasteiger partial charge in [-0.1, -0.05) is 13.0 Å². The van der Waals surface area contributed by atoms with Gasteiger partial charge in [-0.3, -0.25) is 4.98 Å². The highest BCUT2D eigenvalue weighted by Crippen LogP contribution is 2.44. The third-order valence-corrected chi connectivity index (χ3v) is 11.1. The SMILES string of the molecule is Cc1c(-c2ccccn2)nc2cc(F)cc(F)c2c1Nc1cc(N2CCOC([C@H]3CC3C)C2)ncc1C1CCN(S(C)(=O)=O)CC1. The van der Waals surface area contributed by atoms with E-state index in [1.54, 1.807) is 12.3 Å². The molecule has 0 radical (unpaired) electrons. The van der Waals surface area contributed by atoms with E-state index in [0.717, 1.165) is 29.7 Å². The number of halogens is 2. The van der Waals surface area contributed by atoms with Gasteiger partial charge in [0.05, 0.1) is 46.9 Å². The lowest BCUT2D eigenvalue weighted by Gasteiger charge is -2.35. The molecular weight excluding hydrogens is 610 g/mol. The van der Waals surface area contributed by atoms with Crippen molar-refractivity contribution in [3.8, 4) is 11.4 Å². The number of hydrogen-bond donors (Lipinski definition) is 1. The van der Waals surface area contributed by atoms with Gasteiger partial charge in [0, 0.05) is 68.0 Å². The molecule has 1 aliphatic carbocycles. The fraction of sp³-hybridized carbons (Fsp3) is 0.441. The summed E-state index contributed by atoms with van der Waals surface area (Å²) in [6.07, 6.45) is 7.34. The van der Waals surface area contributed by atoms with Gasteiger partial charge in [0.2, 0.25) is 10.0 Å². The van der Waals surface area contributed by atoms with Crippen LogP contribution in [0.15, 0.2) is 48.8 Å². The Balaban J connectivity index is 1.33. The molecule has 46 heavy (non-hydrogen) atoms. The normalized spacial score (nSPS) is 22.7. The molecule has 1 N–H and O–H groups in total. The van der Waals surface area contributed by atoms with Crippen LogP contribution < -0.4 is 10.2 Å². The Morgan fingerprint density at radius 2 is 1.85 bits per heavy atom. The van der Waals surface area contributed by atoms with Gasteiger partial charge in [-0.2, -0.15) is 0 Å². The topological polar surface area (TPSA) is 101 Å². The average Bonchev–Trinajstić information content (AvgIpc) is 3.78. The summed E-state index contributed by atoms with van der Waals surface area (Å²) in [5.41, 5.74) is 4.10. The maximum absolute atomic E-state index is 15.6. The van der Waals surface area contributed by atoms with Crippen LogP contribution in [0.5, 0.6) is 0 Å². The fourth-order valence-corrected chi connectivity index (χ4v) is 7.89. The van der Waals surface area contributed by atoms with Crippen LogP contribution in [0, 0.1) is 30.4 Å². The first kappa shape index (κ1) is 30.9. The van der Waals surface area contributed by atoms with E-state index in [-0.39, 0.29) is 22.9 Å². The summed E-state index contributed by atoms with van der Waals surface area (Å²) in [5.74, 6) is 0.597. The van der Waals surface area contributed by atoms with Crippen LogP contribution in [0.2, 0.25) is 0 Å². The maximum Gasteiger partial charge on any atom is 0.211 e. The predicted molar refractivity (Wildman–Crippen MR) is 175 cm³/mol. The number of piperidine rings is 1. The van der Waals surface area contributed by atoms with Crippen LogP contribution in [-0.4, -0.2) is 72.8 Å². The Morgan fingerprint density at radius 1 is 1.07 bits per heavy atom. The van der Waals surface area contributed by atoms with E-state index in [0.29, 0.717) is 73.6 Å². The summed E-state index contributed by atoms with van der Waals surface area (Å²) < 4.78 is 62.2. The molecule has 12 heteroatoms. The quantitative estimate of drug-likeness (QED) is 0.260. The second-order valence-corrected chi connectivity index (χ2v) is 14.9. The van der Waals surface area contributed by atoms with E-state index in [1.807, 2.05) is 31.3 Å². The molecule has 0 spiro atoms. The van der Waals surface area contributed by atoms with E-state index >= 15 is 4.39 Å². The molecule has 0 bridgehead atoms. The molecule has 5 heterocycles. The van der Waals surface area contributed by atoms with Crippen molar-refractivity contribution >= 4 is 38.1 Å². The summed E-state index contributed by atoms with van der Waals surface area (Å²) in [7, 11) is -3.29. The molecule has 9 nitrogen and oxygen atoms in total. The lowest BCUT2D eigenvalue weighted by atomic mass is 9.90. The van der Waals surface area contributed by atoms with Crippen molar-refractivity contribution < 1.29 is 21.9 Å². The Bertz CT molecular complexity index is 1890. The van der Waals surface area contributed by atoms with Gasteiger partial charge in [-0.05, 0) is 61.6 Å². The third-order valence-electron chi connectivity index (χ3n) is 9.76. The van der Waals surface area contributed by atoms with Gasteiger partial charge in [0.1, 0.15) is 17.5 Å². The first-order chi connectivity index (χ1) is 22.1. The molecule has 1 aromatic carbocycles. The van der Waals surface area contributed by atoms with Gasteiger partial charge in [0.25, 0.3) is 0 Å². The number of morpholine rings is 1. The van der Waals surface area contributed by atoms with E-state index in [1.165, 1.54) is 23.0 Å². The minimum absolute atomic E-state index is 0.0257. The van der Waals surface area contributed by atoms with Crippen molar-refractivity contribution in [3.63, 3.8) is 0 Å². The van der Waals surface area contributed by atoms with Crippen LogP contribution in [-0.2, 0) is 14.8 Å². The summed E-state index contributed by atoms with van der Waals surface area (Å²) in [6.45, 7) is 6.98. The number of benzene rings is 1. The van der Waals surface area contributed by atoms with E-state index in [9.17, 15) is 12.8 Å². The fourth-order valence-electron chi connectivity index (χ4n) is 7.02. The van der Waals surface area contributed by atoms with Crippen molar-refractivity contribution in [2.75, 3.05) is 49.3 Å². The van der Waals surface area contributed by atoms with Crippen LogP contribution >= 0.6 is 0 Å². The maximum atomic E-state index is 15.6. The highest BCUT2D eigenvalue weighted by Gasteiger charge is 2.42. The molecule has 2 unspecified atom stereocenters. The smallest absolute Gasteiger partial charge is 0.211 e. The Hall–Kier alpha value is -3.74. The molecule has 7 rings (SSSR count). The molecule has 1 saturated carbocycles. The van der Waals surface area contributed by atoms with Crippen molar-refractivity contribution in [2.45, 2.75) is 45.1 Å². The van der Waals surface area contributed by atoms with E-state index < -0.39 is 21.7 Å². The minimum atomic E-state index is -3.29. The number of rotatable bonds is 7. The summed E-state index contributed by atoms with van der Waals surface area (Å²) in [6, 6.07) is 9.59. The van der Waals surface area contributed by atoms with E-state index in [4.69, 9.17) is 9.72 Å². The summed E-state index contributed by atoms with van der Waals surface area (Å²) in [4.78, 5) is 16.3. The number of anilines is 3. The molecule has 4 aromatic rings. The third kappa shape index (κ3) is 6.05. The molecule has 242 valence electrons. The van der Waals surface area contributed by atoms with Gasteiger partial charge >= 0.3 is 0 Å². The van der Waals surface area contributed by atoms with Crippen molar-refractivity contribution in [1.82, 2.24) is 19.3 Å². The van der Waals surface area contributed by atoms with E-state index in [2.05, 4.69) is 27.1 Å². The number of hydrogen-bond acceptors (Lipinski definition) is 8. The zero-order valence-electron chi connectivity index (χ0n) is 26.2. The number of nitrogens with one attached hydrogen (secondary N) is 1. The second-order valence-electron chi connectivity index (χ2n) is 12.9. The zero-order valence-corrected chi connectivity index (χ0v) is 27.0. The standard InChI is InChI=1S/C34H38F2N6O3S/c1-20-14-24(20)30-19-41(12-13-45-30)31-17-28(25(18-38-31)22-7-10-42(11-8-22)46(3,43)44)39-34-21(2)33(27-6-4-5-9-37-27)40-29-16-23(35)15-26(36)32(29)34/h4-6,9,15-18,20,22,24,30H,7-8,10-14,19H2,1-3H3,(H,38,39,40)/t20?,24-,30?/m0/s1. The highest BCUT2D eigenvalue weighted by molar-refractivity contribution is 7.88. The lowest BCUT2D eigenvalue weighted by molar-refractivity contribution is 0.0232. The molecule has 3 atom stereocenters.